The van der Waals surface area contributed by atoms with Crippen molar-refractivity contribution in [3.05, 3.63) is 45.9 Å². The van der Waals surface area contributed by atoms with Crippen LogP contribution in [0.3, 0.4) is 0 Å². The number of likely N-dealkylation sites (tertiary alicyclic amines) is 1. The molecule has 0 saturated carbocycles. The number of aromatic nitrogens is 1. The molecule has 1 aromatic carbocycles. The maximum Gasteiger partial charge on any atom is 0.275 e. The minimum Gasteiger partial charge on any atom is -0.330 e. The number of anilines is 1. The van der Waals surface area contributed by atoms with Crippen LogP contribution in [-0.2, 0) is 13.0 Å². The summed E-state index contributed by atoms with van der Waals surface area (Å²) in [6, 6.07) is 8.09. The smallest absolute Gasteiger partial charge is 0.275 e. The van der Waals surface area contributed by atoms with Crippen LogP contribution in [0.5, 0.6) is 0 Å². The fourth-order valence-corrected chi connectivity index (χ4v) is 3.77. The molecular weight excluding hydrogens is 320 g/mol. The highest BCUT2D eigenvalue weighted by atomic mass is 32.1. The van der Waals surface area contributed by atoms with Gasteiger partial charge in [-0.3, -0.25) is 9.69 Å². The molecule has 0 spiro atoms. The third-order valence-electron chi connectivity index (χ3n) is 4.18. The maximum absolute atomic E-state index is 12.3. The van der Waals surface area contributed by atoms with Gasteiger partial charge < -0.3 is 11.1 Å². The van der Waals surface area contributed by atoms with Crippen LogP contribution in [0, 0.1) is 0 Å². The number of amides is 1. The average molecular weight is 344 g/mol. The monoisotopic (exact) mass is 344 g/mol. The van der Waals surface area contributed by atoms with E-state index in [2.05, 4.69) is 27.3 Å². The van der Waals surface area contributed by atoms with Crippen LogP contribution in [-0.4, -0.2) is 35.4 Å². The highest BCUT2D eigenvalue weighted by Gasteiger charge is 2.13. The van der Waals surface area contributed by atoms with E-state index < -0.39 is 0 Å². The molecule has 0 atom stereocenters. The Bertz CT molecular complexity index is 679. The minimum absolute atomic E-state index is 0.162. The molecule has 128 valence electrons. The van der Waals surface area contributed by atoms with E-state index in [1.807, 2.05) is 12.1 Å². The molecule has 3 rings (SSSR count). The largest absolute Gasteiger partial charge is 0.330 e. The Morgan fingerprint density at radius 1 is 1.29 bits per heavy atom. The third kappa shape index (κ3) is 4.63. The zero-order chi connectivity index (χ0) is 16.8. The van der Waals surface area contributed by atoms with E-state index in [0.29, 0.717) is 18.7 Å². The number of hydrogen-bond donors (Lipinski definition) is 2. The van der Waals surface area contributed by atoms with Crippen LogP contribution in [0.2, 0.25) is 0 Å². The lowest BCUT2D eigenvalue weighted by atomic mass is 10.1. The van der Waals surface area contributed by atoms with E-state index in [0.717, 1.165) is 17.2 Å². The normalized spacial score (nSPS) is 15.4. The Labute approximate surface area is 146 Å². The molecule has 0 bridgehead atoms. The van der Waals surface area contributed by atoms with Crippen molar-refractivity contribution < 1.29 is 4.79 Å². The van der Waals surface area contributed by atoms with E-state index in [1.165, 1.54) is 49.3 Å². The predicted molar refractivity (Wildman–Crippen MR) is 98.4 cm³/mol. The fraction of sp³-hybridized carbons (Fsp3) is 0.444. The van der Waals surface area contributed by atoms with E-state index in [9.17, 15) is 4.79 Å². The fourth-order valence-electron chi connectivity index (χ4n) is 2.97. The van der Waals surface area contributed by atoms with Gasteiger partial charge in [-0.1, -0.05) is 18.6 Å². The molecule has 2 heterocycles. The van der Waals surface area contributed by atoms with Crippen LogP contribution in [0.15, 0.2) is 29.6 Å². The topological polar surface area (TPSA) is 71.2 Å². The quantitative estimate of drug-likeness (QED) is 0.845. The summed E-state index contributed by atoms with van der Waals surface area (Å²) >= 11 is 1.48. The molecule has 3 N–H and O–H groups in total. The zero-order valence-corrected chi connectivity index (χ0v) is 14.6. The van der Waals surface area contributed by atoms with Crippen molar-refractivity contribution in [1.82, 2.24) is 9.88 Å². The highest BCUT2D eigenvalue weighted by Crippen LogP contribution is 2.17. The van der Waals surface area contributed by atoms with Gasteiger partial charge in [-0.25, -0.2) is 4.98 Å². The van der Waals surface area contributed by atoms with Crippen molar-refractivity contribution in [1.29, 1.82) is 0 Å². The van der Waals surface area contributed by atoms with Crippen LogP contribution in [0.1, 0.15) is 40.3 Å². The lowest BCUT2D eigenvalue weighted by molar-refractivity contribution is 0.102. The van der Waals surface area contributed by atoms with E-state index in [-0.39, 0.29) is 5.91 Å². The van der Waals surface area contributed by atoms with Gasteiger partial charge in [0.25, 0.3) is 5.91 Å². The highest BCUT2D eigenvalue weighted by molar-refractivity contribution is 7.09. The summed E-state index contributed by atoms with van der Waals surface area (Å²) in [5.74, 6) is -0.162. The van der Waals surface area contributed by atoms with Gasteiger partial charge in [-0.05, 0) is 50.2 Å². The lowest BCUT2D eigenvalue weighted by Gasteiger charge is -2.26. The van der Waals surface area contributed by atoms with Crippen molar-refractivity contribution in [3.8, 4) is 0 Å². The Morgan fingerprint density at radius 3 is 2.92 bits per heavy atom. The number of benzene rings is 1. The van der Waals surface area contributed by atoms with Crippen LogP contribution in [0.4, 0.5) is 5.69 Å². The summed E-state index contributed by atoms with van der Waals surface area (Å²) < 4.78 is 0. The summed E-state index contributed by atoms with van der Waals surface area (Å²) in [5.41, 5.74) is 8.04. The van der Waals surface area contributed by atoms with Gasteiger partial charge in [0.1, 0.15) is 5.69 Å². The Kier molecular flexibility index (Phi) is 5.96. The molecule has 1 fully saturated rings. The number of carbonyl (C=O) groups is 1. The SMILES string of the molecule is NCCc1nc(C(=O)Nc2cccc(CN3CCCCC3)c2)cs1. The van der Waals surface area contributed by atoms with Gasteiger partial charge >= 0.3 is 0 Å². The first-order valence-corrected chi connectivity index (χ1v) is 9.39. The van der Waals surface area contributed by atoms with Gasteiger partial charge in [0, 0.05) is 24.0 Å². The second-order valence-corrected chi connectivity index (χ2v) is 7.10. The van der Waals surface area contributed by atoms with E-state index in [1.54, 1.807) is 5.38 Å². The van der Waals surface area contributed by atoms with E-state index >= 15 is 0 Å². The minimum atomic E-state index is -0.162. The number of rotatable bonds is 6. The number of nitrogens with one attached hydrogen (secondary N) is 1. The first-order chi connectivity index (χ1) is 11.7. The molecule has 1 amide bonds. The number of piperidine rings is 1. The molecule has 2 aromatic rings. The zero-order valence-electron chi connectivity index (χ0n) is 13.8. The van der Waals surface area contributed by atoms with Crippen molar-refractivity contribution >= 4 is 22.9 Å². The second-order valence-electron chi connectivity index (χ2n) is 6.16. The molecule has 6 heteroatoms. The van der Waals surface area contributed by atoms with Crippen LogP contribution >= 0.6 is 11.3 Å². The van der Waals surface area contributed by atoms with Gasteiger partial charge in [-0.15, -0.1) is 11.3 Å². The van der Waals surface area contributed by atoms with Crippen molar-refractivity contribution in [2.45, 2.75) is 32.2 Å². The van der Waals surface area contributed by atoms with Gasteiger partial charge in [0.05, 0.1) is 5.01 Å². The number of nitrogens with zero attached hydrogens (tertiary/aromatic N) is 2. The van der Waals surface area contributed by atoms with Crippen LogP contribution in [0.25, 0.3) is 0 Å². The predicted octanol–water partition coefficient (Wildman–Crippen LogP) is 2.88. The van der Waals surface area contributed by atoms with Gasteiger partial charge in [0.2, 0.25) is 0 Å². The first-order valence-electron chi connectivity index (χ1n) is 8.52. The van der Waals surface area contributed by atoms with Crippen molar-refractivity contribution in [2.75, 3.05) is 25.0 Å². The number of hydrogen-bond acceptors (Lipinski definition) is 5. The lowest BCUT2D eigenvalue weighted by Crippen LogP contribution is -2.29. The molecular formula is C18H24N4OS. The Morgan fingerprint density at radius 2 is 2.12 bits per heavy atom. The third-order valence-corrected chi connectivity index (χ3v) is 5.09. The summed E-state index contributed by atoms with van der Waals surface area (Å²) in [7, 11) is 0. The molecule has 0 aliphatic carbocycles. The molecule has 1 saturated heterocycles. The first kappa shape index (κ1) is 17.1. The van der Waals surface area contributed by atoms with Crippen molar-refractivity contribution in [3.63, 3.8) is 0 Å². The summed E-state index contributed by atoms with van der Waals surface area (Å²) in [6.45, 7) is 3.83. The standard InChI is InChI=1S/C18H24N4OS/c19-8-7-17-21-16(13-24-17)18(23)20-15-6-4-5-14(11-15)12-22-9-2-1-3-10-22/h4-6,11,13H,1-3,7-10,12,19H2,(H,20,23). The number of nitrogens with two attached hydrogens (primary N) is 1. The summed E-state index contributed by atoms with van der Waals surface area (Å²) in [4.78, 5) is 19.1. The van der Waals surface area contributed by atoms with Crippen LogP contribution < -0.4 is 11.1 Å². The number of carbonyl (C=O) groups excluding carboxylic acids is 1. The van der Waals surface area contributed by atoms with Crippen molar-refractivity contribution in [2.24, 2.45) is 5.73 Å². The molecule has 1 aliphatic heterocycles. The number of thiazole rings is 1. The summed E-state index contributed by atoms with van der Waals surface area (Å²) in [5, 5.41) is 5.64. The molecule has 1 aliphatic rings. The molecule has 5 nitrogen and oxygen atoms in total. The molecule has 24 heavy (non-hydrogen) atoms. The van der Waals surface area contributed by atoms with Gasteiger partial charge in [-0.2, -0.15) is 0 Å². The summed E-state index contributed by atoms with van der Waals surface area (Å²) in [6.07, 6.45) is 4.62. The second kappa shape index (κ2) is 8.37. The maximum atomic E-state index is 12.3. The molecule has 0 unspecified atom stereocenters. The molecule has 0 radical (unpaired) electrons. The van der Waals surface area contributed by atoms with Gasteiger partial charge in [0.15, 0.2) is 0 Å². The molecule has 1 aromatic heterocycles. The average Bonchev–Trinajstić information content (AvgIpc) is 3.05. The Hall–Kier alpha value is -1.76. The Balaban J connectivity index is 1.61. The van der Waals surface area contributed by atoms with E-state index in [4.69, 9.17) is 5.73 Å².